The van der Waals surface area contributed by atoms with Crippen molar-refractivity contribution < 1.29 is 19.0 Å². The SMILES string of the molecule is COc1nc(-c2cccc3c2OCCO3)ccc1Nc1cccc(CCC(=O)c2cn[nH]c2)c1. The van der Waals surface area contributed by atoms with E-state index < -0.39 is 0 Å². The fourth-order valence-electron chi connectivity index (χ4n) is 3.88. The Hall–Kier alpha value is -4.33. The molecule has 1 aliphatic rings. The molecule has 172 valence electrons. The summed E-state index contributed by atoms with van der Waals surface area (Å²) in [6, 6.07) is 17.6. The smallest absolute Gasteiger partial charge is 0.238 e. The number of rotatable bonds is 8. The lowest BCUT2D eigenvalue weighted by molar-refractivity contribution is 0.0983. The molecule has 2 N–H and O–H groups in total. The van der Waals surface area contributed by atoms with E-state index in [0.29, 0.717) is 43.2 Å². The predicted molar refractivity (Wildman–Crippen MR) is 128 cm³/mol. The number of aromatic nitrogens is 3. The molecule has 0 radical (unpaired) electrons. The van der Waals surface area contributed by atoms with Gasteiger partial charge in [-0.25, -0.2) is 4.98 Å². The first-order valence-corrected chi connectivity index (χ1v) is 11.0. The van der Waals surface area contributed by atoms with Crippen molar-refractivity contribution in [1.82, 2.24) is 15.2 Å². The second-order valence-corrected chi connectivity index (χ2v) is 7.82. The summed E-state index contributed by atoms with van der Waals surface area (Å²) in [5.41, 5.74) is 4.86. The lowest BCUT2D eigenvalue weighted by Crippen LogP contribution is -2.16. The van der Waals surface area contributed by atoms with Crippen LogP contribution in [0.4, 0.5) is 11.4 Å². The zero-order chi connectivity index (χ0) is 23.3. The number of nitrogens with zero attached hydrogens (tertiary/aromatic N) is 2. The minimum absolute atomic E-state index is 0.0612. The van der Waals surface area contributed by atoms with Gasteiger partial charge in [0.25, 0.3) is 0 Å². The maximum Gasteiger partial charge on any atom is 0.238 e. The van der Waals surface area contributed by atoms with Crippen LogP contribution in [-0.2, 0) is 6.42 Å². The van der Waals surface area contributed by atoms with Crippen LogP contribution in [0.25, 0.3) is 11.3 Å². The number of aromatic amines is 1. The molecule has 0 saturated heterocycles. The van der Waals surface area contributed by atoms with Crippen LogP contribution < -0.4 is 19.5 Å². The van der Waals surface area contributed by atoms with Gasteiger partial charge in [0.15, 0.2) is 17.3 Å². The van der Waals surface area contributed by atoms with E-state index in [0.717, 1.165) is 33.9 Å². The third kappa shape index (κ3) is 4.56. The summed E-state index contributed by atoms with van der Waals surface area (Å²) in [6.45, 7) is 1.04. The standard InChI is InChI=1S/C26H24N4O4/c1-32-26-22(10-9-21(30-26)20-6-3-7-24-25(20)34-13-12-33-24)29-19-5-2-4-17(14-19)8-11-23(31)18-15-27-28-16-18/h2-7,9-10,14-16,29H,8,11-13H2,1H3,(H,27,28). The van der Waals surface area contributed by atoms with Crippen LogP contribution in [0.1, 0.15) is 22.3 Å². The lowest BCUT2D eigenvalue weighted by atomic mass is 10.0. The molecule has 0 fully saturated rings. The molecule has 8 heteroatoms. The van der Waals surface area contributed by atoms with E-state index in [1.807, 2.05) is 54.6 Å². The highest BCUT2D eigenvalue weighted by Crippen LogP contribution is 2.40. The molecule has 1 aliphatic heterocycles. The van der Waals surface area contributed by atoms with Crippen LogP contribution in [0.2, 0.25) is 0 Å². The second kappa shape index (κ2) is 9.66. The number of hydrogen-bond donors (Lipinski definition) is 2. The number of nitrogens with one attached hydrogen (secondary N) is 2. The monoisotopic (exact) mass is 456 g/mol. The third-order valence-electron chi connectivity index (χ3n) is 5.56. The van der Waals surface area contributed by atoms with E-state index in [4.69, 9.17) is 19.2 Å². The number of anilines is 2. The molecule has 8 nitrogen and oxygen atoms in total. The molecule has 0 saturated carbocycles. The Kier molecular flexibility index (Phi) is 6.11. The van der Waals surface area contributed by atoms with Crippen LogP contribution in [0.15, 0.2) is 67.0 Å². The molecule has 34 heavy (non-hydrogen) atoms. The number of pyridine rings is 1. The molecule has 0 bridgehead atoms. The fourth-order valence-corrected chi connectivity index (χ4v) is 3.88. The maximum atomic E-state index is 12.3. The van der Waals surface area contributed by atoms with E-state index >= 15 is 0 Å². The summed E-state index contributed by atoms with van der Waals surface area (Å²) in [5.74, 6) is 1.94. The number of aryl methyl sites for hydroxylation is 1. The average molecular weight is 457 g/mol. The topological polar surface area (TPSA) is 98.4 Å². The number of H-pyrrole nitrogens is 1. The Morgan fingerprint density at radius 1 is 1.12 bits per heavy atom. The van der Waals surface area contributed by atoms with Crippen molar-refractivity contribution in [2.24, 2.45) is 0 Å². The van der Waals surface area contributed by atoms with Gasteiger partial charge in [0.1, 0.15) is 18.9 Å². The van der Waals surface area contributed by atoms with Gasteiger partial charge in [-0.05, 0) is 48.4 Å². The molecule has 0 atom stereocenters. The van der Waals surface area contributed by atoms with Crippen molar-refractivity contribution in [1.29, 1.82) is 0 Å². The van der Waals surface area contributed by atoms with Crippen molar-refractivity contribution in [3.05, 3.63) is 78.1 Å². The molecule has 0 aliphatic carbocycles. The van der Waals surface area contributed by atoms with Gasteiger partial charge in [-0.1, -0.05) is 18.2 Å². The molecule has 2 aromatic heterocycles. The molecule has 5 rings (SSSR count). The largest absolute Gasteiger partial charge is 0.486 e. The Balaban J connectivity index is 1.33. The number of para-hydroxylation sites is 1. The third-order valence-corrected chi connectivity index (χ3v) is 5.56. The number of ether oxygens (including phenoxy) is 3. The first-order chi connectivity index (χ1) is 16.7. The summed E-state index contributed by atoms with van der Waals surface area (Å²) >= 11 is 0. The van der Waals surface area contributed by atoms with Crippen LogP contribution in [-0.4, -0.2) is 41.3 Å². The molecule has 4 aromatic rings. The van der Waals surface area contributed by atoms with Gasteiger partial charge in [-0.3, -0.25) is 9.89 Å². The van der Waals surface area contributed by atoms with Crippen LogP contribution in [0, 0.1) is 0 Å². The Labute approximate surface area is 196 Å². The fraction of sp³-hybridized carbons (Fsp3) is 0.192. The summed E-state index contributed by atoms with van der Waals surface area (Å²) in [4.78, 5) is 17.0. The van der Waals surface area contributed by atoms with Gasteiger partial charge in [-0.15, -0.1) is 0 Å². The van der Waals surface area contributed by atoms with E-state index in [1.54, 1.807) is 19.5 Å². The summed E-state index contributed by atoms with van der Waals surface area (Å²) < 4.78 is 17.1. The minimum atomic E-state index is 0.0612. The highest BCUT2D eigenvalue weighted by Gasteiger charge is 2.19. The number of carbonyl (C=O) groups excluding carboxylic acids is 1. The first kappa shape index (κ1) is 21.5. The van der Waals surface area contributed by atoms with Gasteiger partial charge >= 0.3 is 0 Å². The highest BCUT2D eigenvalue weighted by atomic mass is 16.6. The molecule has 0 amide bonds. The maximum absolute atomic E-state index is 12.3. The molecule has 2 aromatic carbocycles. The van der Waals surface area contributed by atoms with Crippen LogP contribution >= 0.6 is 0 Å². The normalized spacial score (nSPS) is 12.3. The first-order valence-electron chi connectivity index (χ1n) is 11.0. The van der Waals surface area contributed by atoms with E-state index in [9.17, 15) is 4.79 Å². The van der Waals surface area contributed by atoms with Crippen molar-refractivity contribution in [3.8, 4) is 28.6 Å². The van der Waals surface area contributed by atoms with Crippen molar-refractivity contribution in [2.75, 3.05) is 25.6 Å². The zero-order valence-corrected chi connectivity index (χ0v) is 18.7. The van der Waals surface area contributed by atoms with Crippen molar-refractivity contribution >= 4 is 17.2 Å². The van der Waals surface area contributed by atoms with E-state index in [1.165, 1.54) is 0 Å². The number of ketones is 1. The zero-order valence-electron chi connectivity index (χ0n) is 18.7. The molecular formula is C26H24N4O4. The van der Waals surface area contributed by atoms with Crippen LogP contribution in [0.5, 0.6) is 17.4 Å². The van der Waals surface area contributed by atoms with Gasteiger partial charge in [0, 0.05) is 23.9 Å². The number of hydrogen-bond acceptors (Lipinski definition) is 7. The number of fused-ring (bicyclic) bond motifs is 1. The lowest BCUT2D eigenvalue weighted by Gasteiger charge is -2.21. The minimum Gasteiger partial charge on any atom is -0.486 e. The number of benzene rings is 2. The summed E-state index contributed by atoms with van der Waals surface area (Å²) in [6.07, 6.45) is 4.21. The van der Waals surface area contributed by atoms with E-state index in [2.05, 4.69) is 15.5 Å². The Morgan fingerprint density at radius 3 is 2.85 bits per heavy atom. The second-order valence-electron chi connectivity index (χ2n) is 7.82. The number of Topliss-reactive ketones (excluding diaryl/α,β-unsaturated/α-hetero) is 1. The highest BCUT2D eigenvalue weighted by molar-refractivity contribution is 5.95. The summed E-state index contributed by atoms with van der Waals surface area (Å²) in [7, 11) is 1.59. The average Bonchev–Trinajstić information content (AvgIpc) is 3.43. The quantitative estimate of drug-likeness (QED) is 0.367. The van der Waals surface area contributed by atoms with Crippen molar-refractivity contribution in [2.45, 2.75) is 12.8 Å². The van der Waals surface area contributed by atoms with Gasteiger partial charge in [0.2, 0.25) is 5.88 Å². The predicted octanol–water partition coefficient (Wildman–Crippen LogP) is 4.81. The molecule has 3 heterocycles. The van der Waals surface area contributed by atoms with Gasteiger partial charge < -0.3 is 19.5 Å². The molecule has 0 spiro atoms. The summed E-state index contributed by atoms with van der Waals surface area (Å²) in [5, 5.41) is 9.89. The number of methoxy groups -OCH3 is 1. The Bertz CT molecular complexity index is 1300. The van der Waals surface area contributed by atoms with Gasteiger partial charge in [-0.2, -0.15) is 5.10 Å². The number of carbonyl (C=O) groups is 1. The molecular weight excluding hydrogens is 432 g/mol. The van der Waals surface area contributed by atoms with Crippen molar-refractivity contribution in [3.63, 3.8) is 0 Å². The van der Waals surface area contributed by atoms with E-state index in [-0.39, 0.29) is 5.78 Å². The molecule has 0 unspecified atom stereocenters. The van der Waals surface area contributed by atoms with Gasteiger partial charge in [0.05, 0.1) is 24.6 Å². The Morgan fingerprint density at radius 2 is 2.00 bits per heavy atom. The van der Waals surface area contributed by atoms with Crippen LogP contribution in [0.3, 0.4) is 0 Å².